The van der Waals surface area contributed by atoms with Gasteiger partial charge in [0.15, 0.2) is 0 Å². The molecule has 0 aromatic heterocycles. The molecule has 0 saturated heterocycles. The molecule has 1 atom stereocenters. The van der Waals surface area contributed by atoms with Crippen LogP contribution in [0, 0.1) is 11.3 Å². The van der Waals surface area contributed by atoms with Gasteiger partial charge in [-0.25, -0.2) is 0 Å². The van der Waals surface area contributed by atoms with Crippen LogP contribution in [0.5, 0.6) is 5.75 Å². The summed E-state index contributed by atoms with van der Waals surface area (Å²) >= 11 is 0. The van der Waals surface area contributed by atoms with Gasteiger partial charge >= 0.3 is 0 Å². The number of amides is 1. The number of rotatable bonds is 9. The van der Waals surface area contributed by atoms with Crippen molar-refractivity contribution in [3.63, 3.8) is 0 Å². The second kappa shape index (κ2) is 9.89. The molecule has 0 aliphatic carbocycles. The highest BCUT2D eigenvalue weighted by Crippen LogP contribution is 2.27. The van der Waals surface area contributed by atoms with Gasteiger partial charge in [0.1, 0.15) is 5.75 Å². The number of ether oxygens (including phenoxy) is 1. The third kappa shape index (κ3) is 5.28. The van der Waals surface area contributed by atoms with Crippen molar-refractivity contribution in [1.29, 1.82) is 5.26 Å². The molecule has 0 radical (unpaired) electrons. The average molecular weight is 316 g/mol. The predicted octanol–water partition coefficient (Wildman–Crippen LogP) is 3.90. The number of benzene rings is 1. The maximum absolute atomic E-state index is 12.5. The van der Waals surface area contributed by atoms with Gasteiger partial charge in [-0.3, -0.25) is 4.79 Å². The second-order valence-electron chi connectivity index (χ2n) is 5.69. The van der Waals surface area contributed by atoms with Crippen LogP contribution in [0.15, 0.2) is 18.2 Å². The number of aryl methyl sites for hydroxylation is 1. The topological polar surface area (TPSA) is 53.3 Å². The Morgan fingerprint density at radius 1 is 1.26 bits per heavy atom. The lowest BCUT2D eigenvalue weighted by molar-refractivity contribution is -0.131. The molecule has 23 heavy (non-hydrogen) atoms. The van der Waals surface area contributed by atoms with Crippen LogP contribution in [0.3, 0.4) is 0 Å². The molecule has 0 aliphatic rings. The van der Waals surface area contributed by atoms with Crippen molar-refractivity contribution in [2.45, 2.75) is 52.4 Å². The maximum Gasteiger partial charge on any atom is 0.224 e. The van der Waals surface area contributed by atoms with Gasteiger partial charge in [-0.2, -0.15) is 5.26 Å². The van der Waals surface area contributed by atoms with E-state index < -0.39 is 5.92 Å². The summed E-state index contributed by atoms with van der Waals surface area (Å²) < 4.78 is 5.33. The van der Waals surface area contributed by atoms with Crippen molar-refractivity contribution in [2.75, 3.05) is 20.2 Å². The van der Waals surface area contributed by atoms with Crippen molar-refractivity contribution < 1.29 is 9.53 Å². The lowest BCUT2D eigenvalue weighted by Gasteiger charge is -2.23. The molecular weight excluding hydrogens is 288 g/mol. The van der Waals surface area contributed by atoms with E-state index in [1.54, 1.807) is 7.11 Å². The molecule has 1 aromatic carbocycles. The molecule has 4 nitrogen and oxygen atoms in total. The highest BCUT2D eigenvalue weighted by molar-refractivity contribution is 5.77. The SMILES string of the molecule is CCCN(CCC)C(=O)CC(C#N)c1ccc(OC)c(CC)c1. The van der Waals surface area contributed by atoms with E-state index in [9.17, 15) is 10.1 Å². The number of carbonyl (C=O) groups is 1. The Morgan fingerprint density at radius 3 is 2.39 bits per heavy atom. The summed E-state index contributed by atoms with van der Waals surface area (Å²) in [5.41, 5.74) is 1.96. The molecule has 0 aliphatic heterocycles. The Bertz CT molecular complexity index is 543. The third-order valence-corrected chi connectivity index (χ3v) is 3.96. The Kier molecular flexibility index (Phi) is 8.18. The summed E-state index contributed by atoms with van der Waals surface area (Å²) in [6, 6.07) is 8.06. The lowest BCUT2D eigenvalue weighted by Crippen LogP contribution is -2.33. The monoisotopic (exact) mass is 316 g/mol. The summed E-state index contributed by atoms with van der Waals surface area (Å²) in [6.45, 7) is 7.70. The number of nitrogens with zero attached hydrogens (tertiary/aromatic N) is 2. The van der Waals surface area contributed by atoms with Gasteiger partial charge in [0.2, 0.25) is 5.91 Å². The van der Waals surface area contributed by atoms with Gasteiger partial charge in [0.25, 0.3) is 0 Å². The smallest absolute Gasteiger partial charge is 0.224 e. The second-order valence-corrected chi connectivity index (χ2v) is 5.69. The maximum atomic E-state index is 12.5. The molecule has 1 rings (SSSR count). The minimum absolute atomic E-state index is 0.0640. The van der Waals surface area contributed by atoms with Crippen LogP contribution in [-0.2, 0) is 11.2 Å². The van der Waals surface area contributed by atoms with E-state index in [0.717, 1.165) is 49.2 Å². The summed E-state index contributed by atoms with van der Waals surface area (Å²) in [5, 5.41) is 9.51. The first-order chi connectivity index (χ1) is 11.1. The van der Waals surface area contributed by atoms with Crippen LogP contribution >= 0.6 is 0 Å². The molecule has 0 fully saturated rings. The molecule has 0 bridgehead atoms. The lowest BCUT2D eigenvalue weighted by atomic mass is 9.94. The third-order valence-electron chi connectivity index (χ3n) is 3.96. The van der Waals surface area contributed by atoms with Crippen LogP contribution in [-0.4, -0.2) is 31.0 Å². The first-order valence-corrected chi connectivity index (χ1v) is 8.45. The molecule has 0 heterocycles. The fourth-order valence-corrected chi connectivity index (χ4v) is 2.73. The quantitative estimate of drug-likeness (QED) is 0.694. The Balaban J connectivity index is 2.92. The van der Waals surface area contributed by atoms with Crippen molar-refractivity contribution >= 4 is 5.91 Å². The van der Waals surface area contributed by atoms with E-state index in [2.05, 4.69) is 26.8 Å². The first-order valence-electron chi connectivity index (χ1n) is 8.45. The van der Waals surface area contributed by atoms with E-state index in [1.165, 1.54) is 0 Å². The zero-order valence-electron chi connectivity index (χ0n) is 14.8. The molecule has 126 valence electrons. The van der Waals surface area contributed by atoms with Crippen LogP contribution in [0.4, 0.5) is 0 Å². The zero-order chi connectivity index (χ0) is 17.2. The van der Waals surface area contributed by atoms with Crippen molar-refractivity contribution in [3.05, 3.63) is 29.3 Å². The summed E-state index contributed by atoms with van der Waals surface area (Å²) in [6.07, 6.45) is 2.95. The minimum Gasteiger partial charge on any atom is -0.496 e. The molecule has 0 saturated carbocycles. The van der Waals surface area contributed by atoms with Gasteiger partial charge < -0.3 is 9.64 Å². The Hall–Kier alpha value is -2.02. The van der Waals surface area contributed by atoms with E-state index in [0.29, 0.717) is 0 Å². The highest BCUT2D eigenvalue weighted by atomic mass is 16.5. The molecule has 0 N–H and O–H groups in total. The minimum atomic E-state index is -0.407. The normalized spacial score (nSPS) is 11.6. The summed E-state index contributed by atoms with van der Waals surface area (Å²) in [7, 11) is 1.65. The fraction of sp³-hybridized carbons (Fsp3) is 0.579. The molecule has 1 unspecified atom stereocenters. The molecule has 1 amide bonds. The number of hydrogen-bond acceptors (Lipinski definition) is 3. The van der Waals surface area contributed by atoms with Crippen LogP contribution in [0.25, 0.3) is 0 Å². The number of hydrogen-bond donors (Lipinski definition) is 0. The number of nitriles is 1. The highest BCUT2D eigenvalue weighted by Gasteiger charge is 2.20. The van der Waals surface area contributed by atoms with Crippen molar-refractivity contribution in [3.8, 4) is 11.8 Å². The van der Waals surface area contributed by atoms with Gasteiger partial charge in [0.05, 0.1) is 19.1 Å². The molecular formula is C19H28N2O2. The van der Waals surface area contributed by atoms with E-state index in [-0.39, 0.29) is 12.3 Å². The largest absolute Gasteiger partial charge is 0.496 e. The van der Waals surface area contributed by atoms with Crippen LogP contribution in [0.2, 0.25) is 0 Å². The number of methoxy groups -OCH3 is 1. The molecule has 4 heteroatoms. The van der Waals surface area contributed by atoms with Gasteiger partial charge in [-0.15, -0.1) is 0 Å². The van der Waals surface area contributed by atoms with E-state index >= 15 is 0 Å². The van der Waals surface area contributed by atoms with E-state index in [4.69, 9.17) is 4.74 Å². The summed E-state index contributed by atoms with van der Waals surface area (Å²) in [4.78, 5) is 14.4. The standard InChI is InChI=1S/C19H28N2O2/c1-5-10-21(11-6-2)19(22)13-17(14-20)16-8-9-18(23-4)15(7-3)12-16/h8-9,12,17H,5-7,10-11,13H2,1-4H3. The zero-order valence-corrected chi connectivity index (χ0v) is 14.8. The van der Waals surface area contributed by atoms with Gasteiger partial charge in [-0.1, -0.05) is 32.9 Å². The molecule has 0 spiro atoms. The first kappa shape index (κ1) is 19.0. The van der Waals surface area contributed by atoms with E-state index in [1.807, 2.05) is 23.1 Å². The Labute approximate surface area is 140 Å². The molecule has 1 aromatic rings. The fourth-order valence-electron chi connectivity index (χ4n) is 2.73. The summed E-state index contributed by atoms with van der Waals surface area (Å²) in [5.74, 6) is 0.488. The van der Waals surface area contributed by atoms with Crippen molar-refractivity contribution in [1.82, 2.24) is 4.90 Å². The van der Waals surface area contributed by atoms with Crippen molar-refractivity contribution in [2.24, 2.45) is 0 Å². The average Bonchev–Trinajstić information content (AvgIpc) is 2.58. The Morgan fingerprint density at radius 2 is 1.91 bits per heavy atom. The van der Waals surface area contributed by atoms with Crippen LogP contribution < -0.4 is 4.74 Å². The van der Waals surface area contributed by atoms with Gasteiger partial charge in [0, 0.05) is 19.5 Å². The predicted molar refractivity (Wildman–Crippen MR) is 92.5 cm³/mol. The number of carbonyl (C=O) groups excluding carboxylic acids is 1. The van der Waals surface area contributed by atoms with Gasteiger partial charge in [-0.05, 0) is 36.5 Å². The van der Waals surface area contributed by atoms with Crippen LogP contribution in [0.1, 0.15) is 57.1 Å².